The fourth-order valence-corrected chi connectivity index (χ4v) is 1.40. The molecule has 1 aromatic heterocycles. The average Bonchev–Trinajstić information content (AvgIpc) is 2.37. The summed E-state index contributed by atoms with van der Waals surface area (Å²) in [7, 11) is 1.59. The number of carbonyl (C=O) groups is 2. The van der Waals surface area contributed by atoms with Crippen molar-refractivity contribution < 1.29 is 9.59 Å². The van der Waals surface area contributed by atoms with Gasteiger partial charge < -0.3 is 15.2 Å². The molecule has 0 saturated carbocycles. The Balaban J connectivity index is 2.41. The fourth-order valence-electron chi connectivity index (χ4n) is 1.40. The normalized spacial score (nSPS) is 10.3. The lowest BCUT2D eigenvalue weighted by atomic mass is 10.2. The Labute approximate surface area is 111 Å². The van der Waals surface area contributed by atoms with Gasteiger partial charge in [-0.3, -0.25) is 14.4 Å². The molecule has 0 aliphatic heterocycles. The third-order valence-electron chi connectivity index (χ3n) is 2.58. The summed E-state index contributed by atoms with van der Waals surface area (Å²) in [5, 5.41) is 5.37. The second kappa shape index (κ2) is 6.72. The van der Waals surface area contributed by atoms with Crippen LogP contribution in [0.2, 0.25) is 0 Å². The van der Waals surface area contributed by atoms with E-state index in [9.17, 15) is 14.4 Å². The predicted molar refractivity (Wildman–Crippen MR) is 71.9 cm³/mol. The molecule has 1 heterocycles. The van der Waals surface area contributed by atoms with Gasteiger partial charge >= 0.3 is 0 Å². The van der Waals surface area contributed by atoms with E-state index in [4.69, 9.17) is 0 Å². The van der Waals surface area contributed by atoms with Crippen LogP contribution in [-0.2, 0) is 11.8 Å². The van der Waals surface area contributed by atoms with Crippen molar-refractivity contribution in [3.63, 3.8) is 0 Å². The molecule has 2 N–H and O–H groups in total. The highest BCUT2D eigenvalue weighted by atomic mass is 16.2. The van der Waals surface area contributed by atoms with Crippen LogP contribution < -0.4 is 16.2 Å². The smallest absolute Gasteiger partial charge is 0.252 e. The van der Waals surface area contributed by atoms with Gasteiger partial charge in [0.05, 0.1) is 5.56 Å². The number of rotatable bonds is 5. The summed E-state index contributed by atoms with van der Waals surface area (Å²) < 4.78 is 1.34. The molecular formula is C13H19N3O3. The number of nitrogens with one attached hydrogen (secondary N) is 2. The van der Waals surface area contributed by atoms with Gasteiger partial charge in [0, 0.05) is 38.3 Å². The molecule has 0 saturated heterocycles. The van der Waals surface area contributed by atoms with Crippen LogP contribution in [0.3, 0.4) is 0 Å². The molecule has 1 aromatic rings. The Kier molecular flexibility index (Phi) is 5.29. The van der Waals surface area contributed by atoms with Gasteiger partial charge in [-0.15, -0.1) is 0 Å². The predicted octanol–water partition coefficient (Wildman–Crippen LogP) is -0.113. The van der Waals surface area contributed by atoms with Crippen LogP contribution in [0.5, 0.6) is 0 Å². The van der Waals surface area contributed by atoms with E-state index in [1.807, 2.05) is 0 Å². The Bertz CT molecular complexity index is 520. The molecule has 0 atom stereocenters. The average molecular weight is 265 g/mol. The monoisotopic (exact) mass is 265 g/mol. The molecule has 6 nitrogen and oxygen atoms in total. The van der Waals surface area contributed by atoms with Gasteiger partial charge in [-0.25, -0.2) is 0 Å². The lowest BCUT2D eigenvalue weighted by Crippen LogP contribution is -2.36. The van der Waals surface area contributed by atoms with E-state index >= 15 is 0 Å². The Morgan fingerprint density at radius 3 is 2.42 bits per heavy atom. The maximum Gasteiger partial charge on any atom is 0.252 e. The summed E-state index contributed by atoms with van der Waals surface area (Å²) in [6, 6.07) is 2.82. The van der Waals surface area contributed by atoms with Gasteiger partial charge in [-0.1, -0.05) is 13.8 Å². The Morgan fingerprint density at radius 1 is 1.21 bits per heavy atom. The van der Waals surface area contributed by atoms with Crippen molar-refractivity contribution in [1.82, 2.24) is 15.2 Å². The number of aryl methyl sites for hydroxylation is 1. The molecule has 1 rings (SSSR count). The van der Waals surface area contributed by atoms with E-state index in [0.29, 0.717) is 18.7 Å². The summed E-state index contributed by atoms with van der Waals surface area (Å²) in [5.74, 6) is -0.384. The summed E-state index contributed by atoms with van der Waals surface area (Å²) in [5.41, 5.74) is 0.248. The van der Waals surface area contributed by atoms with E-state index in [0.717, 1.165) is 0 Å². The molecule has 0 aliphatic carbocycles. The summed E-state index contributed by atoms with van der Waals surface area (Å²) in [6.45, 7) is 4.34. The van der Waals surface area contributed by atoms with E-state index in [2.05, 4.69) is 10.6 Å². The molecule has 0 spiro atoms. The van der Waals surface area contributed by atoms with Crippen molar-refractivity contribution in [2.45, 2.75) is 13.8 Å². The van der Waals surface area contributed by atoms with Crippen molar-refractivity contribution >= 4 is 11.8 Å². The highest BCUT2D eigenvalue weighted by molar-refractivity contribution is 5.93. The van der Waals surface area contributed by atoms with Crippen LogP contribution in [0, 0.1) is 5.92 Å². The third kappa shape index (κ3) is 4.57. The highest BCUT2D eigenvalue weighted by Gasteiger charge is 2.07. The topological polar surface area (TPSA) is 80.2 Å². The number of amides is 2. The maximum atomic E-state index is 11.7. The van der Waals surface area contributed by atoms with Crippen LogP contribution in [0.4, 0.5) is 0 Å². The Morgan fingerprint density at radius 2 is 1.84 bits per heavy atom. The molecule has 6 heteroatoms. The third-order valence-corrected chi connectivity index (χ3v) is 2.58. The van der Waals surface area contributed by atoms with Crippen LogP contribution in [-0.4, -0.2) is 29.5 Å². The van der Waals surface area contributed by atoms with E-state index < -0.39 is 0 Å². The minimum atomic E-state index is -0.269. The van der Waals surface area contributed by atoms with Gasteiger partial charge in [-0.2, -0.15) is 0 Å². The summed E-state index contributed by atoms with van der Waals surface area (Å²) in [4.78, 5) is 34.2. The molecule has 0 bridgehead atoms. The number of hydrogen-bond donors (Lipinski definition) is 2. The van der Waals surface area contributed by atoms with Gasteiger partial charge in [0.15, 0.2) is 0 Å². The molecule has 0 radical (unpaired) electrons. The molecule has 0 aliphatic rings. The van der Waals surface area contributed by atoms with E-state index in [1.54, 1.807) is 20.9 Å². The number of carbonyl (C=O) groups excluding carboxylic acids is 2. The van der Waals surface area contributed by atoms with Gasteiger partial charge in [0.25, 0.3) is 5.91 Å². The first kappa shape index (κ1) is 14.9. The first-order valence-corrected chi connectivity index (χ1v) is 6.14. The van der Waals surface area contributed by atoms with Gasteiger partial charge in [0.2, 0.25) is 11.5 Å². The highest BCUT2D eigenvalue weighted by Crippen LogP contribution is 1.94. The largest absolute Gasteiger partial charge is 0.354 e. The molecule has 0 fully saturated rings. The van der Waals surface area contributed by atoms with Crippen molar-refractivity contribution in [3.05, 3.63) is 34.2 Å². The van der Waals surface area contributed by atoms with Crippen LogP contribution in [0.25, 0.3) is 0 Å². The molecule has 2 amide bonds. The quantitative estimate of drug-likeness (QED) is 0.729. The zero-order valence-electron chi connectivity index (χ0n) is 11.4. The number of hydrogen-bond acceptors (Lipinski definition) is 3. The molecule has 0 aromatic carbocycles. The Hall–Kier alpha value is -2.11. The first-order chi connectivity index (χ1) is 8.91. The first-order valence-electron chi connectivity index (χ1n) is 6.14. The van der Waals surface area contributed by atoms with E-state index in [-0.39, 0.29) is 23.3 Å². The molecule has 0 unspecified atom stereocenters. The second-order valence-corrected chi connectivity index (χ2v) is 4.57. The zero-order valence-corrected chi connectivity index (χ0v) is 11.4. The summed E-state index contributed by atoms with van der Waals surface area (Å²) in [6.07, 6.45) is 1.48. The van der Waals surface area contributed by atoms with Crippen LogP contribution in [0.1, 0.15) is 24.2 Å². The fraction of sp³-hybridized carbons (Fsp3) is 0.462. The van der Waals surface area contributed by atoms with Crippen LogP contribution >= 0.6 is 0 Å². The number of aromatic nitrogens is 1. The van der Waals surface area contributed by atoms with Crippen molar-refractivity contribution in [2.75, 3.05) is 13.1 Å². The van der Waals surface area contributed by atoms with Gasteiger partial charge in [0.1, 0.15) is 0 Å². The van der Waals surface area contributed by atoms with Crippen molar-refractivity contribution in [3.8, 4) is 0 Å². The minimum absolute atomic E-state index is 0.0450. The second-order valence-electron chi connectivity index (χ2n) is 4.57. The van der Waals surface area contributed by atoms with Crippen molar-refractivity contribution in [2.24, 2.45) is 13.0 Å². The summed E-state index contributed by atoms with van der Waals surface area (Å²) >= 11 is 0. The minimum Gasteiger partial charge on any atom is -0.354 e. The molecule has 104 valence electrons. The van der Waals surface area contributed by atoms with Gasteiger partial charge in [-0.05, 0) is 6.07 Å². The zero-order chi connectivity index (χ0) is 14.4. The SMILES string of the molecule is CC(C)C(=O)NCCNC(=O)c1ccc(=O)n(C)c1. The lowest BCUT2D eigenvalue weighted by Gasteiger charge is -2.09. The van der Waals surface area contributed by atoms with Crippen molar-refractivity contribution in [1.29, 1.82) is 0 Å². The number of nitrogens with zero attached hydrogens (tertiary/aromatic N) is 1. The molecule has 19 heavy (non-hydrogen) atoms. The van der Waals surface area contributed by atoms with E-state index in [1.165, 1.54) is 22.9 Å². The van der Waals surface area contributed by atoms with Crippen LogP contribution in [0.15, 0.2) is 23.1 Å². The maximum absolute atomic E-state index is 11.7. The standard InChI is InChI=1S/C13H19N3O3/c1-9(2)12(18)14-6-7-15-13(19)10-4-5-11(17)16(3)8-10/h4-5,8-9H,6-7H2,1-3H3,(H,14,18)(H,15,19). The molecular weight excluding hydrogens is 246 g/mol. The number of pyridine rings is 1. The lowest BCUT2D eigenvalue weighted by molar-refractivity contribution is -0.123.